The molecule has 1 aliphatic carbocycles. The van der Waals surface area contributed by atoms with Crippen LogP contribution in [0.25, 0.3) is 0 Å². The molecule has 1 unspecified atom stereocenters. The predicted molar refractivity (Wildman–Crippen MR) is 106 cm³/mol. The number of hydrogen-bond acceptors (Lipinski definition) is 4. The van der Waals surface area contributed by atoms with Crippen LogP contribution in [0.2, 0.25) is 0 Å². The average molecular weight is 385 g/mol. The number of hydrazine groups is 1. The SMILES string of the molecule is CCC(=O)Nc1cccc(C(=O)NNC(=O)c2cc3c(s2)CCC(C)C3)c1. The van der Waals surface area contributed by atoms with E-state index in [1.165, 1.54) is 21.8 Å². The van der Waals surface area contributed by atoms with Crippen LogP contribution in [0.4, 0.5) is 5.69 Å². The summed E-state index contributed by atoms with van der Waals surface area (Å²) in [4.78, 5) is 38.0. The maximum atomic E-state index is 12.4. The van der Waals surface area contributed by atoms with Gasteiger partial charge >= 0.3 is 0 Å². The summed E-state index contributed by atoms with van der Waals surface area (Å²) >= 11 is 1.49. The van der Waals surface area contributed by atoms with Crippen LogP contribution in [0.3, 0.4) is 0 Å². The second-order valence-corrected chi connectivity index (χ2v) is 7.93. The molecule has 142 valence electrons. The molecule has 1 aromatic carbocycles. The number of benzene rings is 1. The first-order chi connectivity index (χ1) is 13.0. The molecule has 27 heavy (non-hydrogen) atoms. The second kappa shape index (κ2) is 8.35. The van der Waals surface area contributed by atoms with Crippen molar-refractivity contribution in [2.75, 3.05) is 5.32 Å². The zero-order chi connectivity index (χ0) is 19.4. The monoisotopic (exact) mass is 385 g/mol. The molecule has 0 saturated heterocycles. The number of rotatable bonds is 4. The topological polar surface area (TPSA) is 87.3 Å². The van der Waals surface area contributed by atoms with Crippen LogP contribution in [-0.4, -0.2) is 17.7 Å². The number of carbonyl (C=O) groups excluding carboxylic acids is 3. The van der Waals surface area contributed by atoms with E-state index in [-0.39, 0.29) is 11.8 Å². The molecular weight excluding hydrogens is 362 g/mol. The predicted octanol–water partition coefficient (Wildman–Crippen LogP) is 3.30. The van der Waals surface area contributed by atoms with Crippen molar-refractivity contribution < 1.29 is 14.4 Å². The van der Waals surface area contributed by atoms with Crippen LogP contribution in [0, 0.1) is 5.92 Å². The molecule has 1 heterocycles. The van der Waals surface area contributed by atoms with Crippen LogP contribution >= 0.6 is 11.3 Å². The van der Waals surface area contributed by atoms with E-state index < -0.39 is 5.91 Å². The quantitative estimate of drug-likeness (QED) is 0.706. The summed E-state index contributed by atoms with van der Waals surface area (Å²) in [6.07, 6.45) is 3.52. The van der Waals surface area contributed by atoms with Gasteiger partial charge in [-0.2, -0.15) is 0 Å². The van der Waals surface area contributed by atoms with E-state index in [2.05, 4.69) is 23.1 Å². The van der Waals surface area contributed by atoms with Crippen molar-refractivity contribution in [2.45, 2.75) is 39.5 Å². The van der Waals surface area contributed by atoms with E-state index >= 15 is 0 Å². The summed E-state index contributed by atoms with van der Waals surface area (Å²) in [6.45, 7) is 3.97. The molecular formula is C20H23N3O3S. The number of thiophene rings is 1. The van der Waals surface area contributed by atoms with E-state index in [0.717, 1.165) is 19.3 Å². The number of fused-ring (bicyclic) bond motifs is 1. The Kier molecular flexibility index (Phi) is 5.91. The highest BCUT2D eigenvalue weighted by atomic mass is 32.1. The smallest absolute Gasteiger partial charge is 0.279 e. The van der Waals surface area contributed by atoms with E-state index in [4.69, 9.17) is 0 Å². The highest BCUT2D eigenvalue weighted by Crippen LogP contribution is 2.32. The Morgan fingerprint density at radius 2 is 1.93 bits per heavy atom. The molecule has 3 rings (SSSR count). The third-order valence-electron chi connectivity index (χ3n) is 4.57. The first-order valence-corrected chi connectivity index (χ1v) is 9.90. The standard InChI is InChI=1S/C20H23N3O3S/c1-3-18(24)21-15-6-4-5-13(10-15)19(25)22-23-20(26)17-11-14-9-12(2)7-8-16(14)27-17/h4-6,10-12H,3,7-9H2,1-2H3,(H,21,24)(H,22,25)(H,23,26). The van der Waals surface area contributed by atoms with Crippen molar-refractivity contribution in [3.8, 4) is 0 Å². The first-order valence-electron chi connectivity index (χ1n) is 9.08. The third kappa shape index (κ3) is 4.74. The lowest BCUT2D eigenvalue weighted by molar-refractivity contribution is -0.115. The second-order valence-electron chi connectivity index (χ2n) is 6.80. The summed E-state index contributed by atoms with van der Waals surface area (Å²) < 4.78 is 0. The Hall–Kier alpha value is -2.67. The zero-order valence-electron chi connectivity index (χ0n) is 15.4. The average Bonchev–Trinajstić information content (AvgIpc) is 3.09. The molecule has 1 aliphatic rings. The Balaban J connectivity index is 1.60. The van der Waals surface area contributed by atoms with E-state index in [1.807, 2.05) is 6.07 Å². The first kappa shape index (κ1) is 19.1. The van der Waals surface area contributed by atoms with Crippen LogP contribution < -0.4 is 16.2 Å². The van der Waals surface area contributed by atoms with Crippen molar-refractivity contribution in [1.82, 2.24) is 10.9 Å². The van der Waals surface area contributed by atoms with Crippen molar-refractivity contribution in [3.63, 3.8) is 0 Å². The van der Waals surface area contributed by atoms with Crippen LogP contribution in [-0.2, 0) is 17.6 Å². The molecule has 1 aromatic heterocycles. The lowest BCUT2D eigenvalue weighted by Crippen LogP contribution is -2.41. The summed E-state index contributed by atoms with van der Waals surface area (Å²) in [6, 6.07) is 8.50. The van der Waals surface area contributed by atoms with E-state index in [9.17, 15) is 14.4 Å². The molecule has 0 saturated carbocycles. The van der Waals surface area contributed by atoms with Gasteiger partial charge in [0.1, 0.15) is 0 Å². The molecule has 1 atom stereocenters. The lowest BCUT2D eigenvalue weighted by atomic mass is 9.90. The van der Waals surface area contributed by atoms with Gasteiger partial charge in [-0.3, -0.25) is 25.2 Å². The van der Waals surface area contributed by atoms with Crippen LogP contribution in [0.5, 0.6) is 0 Å². The van der Waals surface area contributed by atoms with Gasteiger partial charge in [0.2, 0.25) is 5.91 Å². The lowest BCUT2D eigenvalue weighted by Gasteiger charge is -2.16. The fourth-order valence-corrected chi connectivity index (χ4v) is 4.16. The molecule has 0 aliphatic heterocycles. The number of anilines is 1. The van der Waals surface area contributed by atoms with Crippen LogP contribution in [0.1, 0.15) is 57.2 Å². The molecule has 0 bridgehead atoms. The molecule has 0 spiro atoms. The molecule has 3 amide bonds. The minimum atomic E-state index is -0.439. The maximum Gasteiger partial charge on any atom is 0.279 e. The summed E-state index contributed by atoms with van der Waals surface area (Å²) in [5.41, 5.74) is 7.05. The maximum absolute atomic E-state index is 12.4. The van der Waals surface area contributed by atoms with E-state index in [1.54, 1.807) is 31.2 Å². The van der Waals surface area contributed by atoms with Gasteiger partial charge in [-0.25, -0.2) is 0 Å². The Bertz CT molecular complexity index is 875. The Morgan fingerprint density at radius 3 is 2.70 bits per heavy atom. The molecule has 6 nitrogen and oxygen atoms in total. The van der Waals surface area contributed by atoms with Gasteiger partial charge in [-0.15, -0.1) is 11.3 Å². The number of amides is 3. The number of nitrogens with one attached hydrogen (secondary N) is 3. The van der Waals surface area contributed by atoms with Gasteiger partial charge in [0, 0.05) is 22.5 Å². The number of hydrogen-bond donors (Lipinski definition) is 3. The third-order valence-corrected chi connectivity index (χ3v) is 5.81. The van der Waals surface area contributed by atoms with Gasteiger partial charge in [-0.1, -0.05) is 19.9 Å². The van der Waals surface area contributed by atoms with Gasteiger partial charge in [-0.05, 0) is 55.0 Å². The van der Waals surface area contributed by atoms with E-state index in [0.29, 0.717) is 28.5 Å². The Morgan fingerprint density at radius 1 is 1.15 bits per heavy atom. The molecule has 0 radical (unpaired) electrons. The van der Waals surface area contributed by atoms with Crippen molar-refractivity contribution in [2.24, 2.45) is 5.92 Å². The summed E-state index contributed by atoms with van der Waals surface area (Å²) in [5.74, 6) is -0.239. The molecule has 3 N–H and O–H groups in total. The van der Waals surface area contributed by atoms with Gasteiger partial charge in [0.05, 0.1) is 4.88 Å². The van der Waals surface area contributed by atoms with Gasteiger partial charge in [0.15, 0.2) is 0 Å². The van der Waals surface area contributed by atoms with Crippen LogP contribution in [0.15, 0.2) is 30.3 Å². The van der Waals surface area contributed by atoms with Gasteiger partial charge < -0.3 is 5.32 Å². The zero-order valence-corrected chi connectivity index (χ0v) is 16.2. The van der Waals surface area contributed by atoms with Crippen molar-refractivity contribution in [1.29, 1.82) is 0 Å². The molecule has 7 heteroatoms. The highest BCUT2D eigenvalue weighted by molar-refractivity contribution is 7.14. The summed E-state index contributed by atoms with van der Waals surface area (Å²) in [5, 5.41) is 2.70. The minimum Gasteiger partial charge on any atom is -0.326 e. The number of aryl methyl sites for hydroxylation is 1. The molecule has 0 fully saturated rings. The Labute approximate surface area is 162 Å². The van der Waals surface area contributed by atoms with Crippen molar-refractivity contribution >= 4 is 34.7 Å². The highest BCUT2D eigenvalue weighted by Gasteiger charge is 2.21. The normalized spacial score (nSPS) is 15.6. The minimum absolute atomic E-state index is 0.128. The van der Waals surface area contributed by atoms with Gasteiger partial charge in [0.25, 0.3) is 11.8 Å². The van der Waals surface area contributed by atoms with Crippen molar-refractivity contribution in [3.05, 3.63) is 51.2 Å². The fourth-order valence-electron chi connectivity index (χ4n) is 3.05. The fraction of sp³-hybridized carbons (Fsp3) is 0.350. The largest absolute Gasteiger partial charge is 0.326 e. The number of carbonyl (C=O) groups is 3. The molecule has 2 aromatic rings. The summed E-state index contributed by atoms with van der Waals surface area (Å²) in [7, 11) is 0.